The van der Waals surface area contributed by atoms with Crippen molar-refractivity contribution in [2.45, 2.75) is 19.4 Å². The van der Waals surface area contributed by atoms with Crippen LogP contribution in [0, 0.1) is 0 Å². The van der Waals surface area contributed by atoms with Crippen molar-refractivity contribution in [3.05, 3.63) is 17.7 Å². The van der Waals surface area contributed by atoms with E-state index in [1.165, 1.54) is 14.2 Å². The number of amides is 1. The normalized spacial score (nSPS) is 11.8. The van der Waals surface area contributed by atoms with Crippen LogP contribution < -0.4 is 20.5 Å². The summed E-state index contributed by atoms with van der Waals surface area (Å²) in [5, 5.41) is 2.86. The third-order valence-electron chi connectivity index (χ3n) is 2.95. The highest BCUT2D eigenvalue weighted by molar-refractivity contribution is 6.01. The minimum Gasteiger partial charge on any atom is -0.497 e. The maximum atomic E-state index is 12.2. The van der Waals surface area contributed by atoms with Gasteiger partial charge < -0.3 is 25.3 Å². The number of benzene rings is 1. The summed E-state index contributed by atoms with van der Waals surface area (Å²) in [6.45, 7) is 2.49. The number of rotatable bonds is 7. The lowest BCUT2D eigenvalue weighted by molar-refractivity contribution is 0.0930. The van der Waals surface area contributed by atoms with Crippen LogP contribution in [0.1, 0.15) is 23.7 Å². The second-order valence-corrected chi connectivity index (χ2v) is 4.45. The molecule has 0 bridgehead atoms. The molecule has 3 N–H and O–H groups in total. The van der Waals surface area contributed by atoms with Crippen molar-refractivity contribution in [1.82, 2.24) is 5.32 Å². The zero-order valence-corrected chi connectivity index (χ0v) is 12.4. The minimum absolute atomic E-state index is 0.0148. The highest BCUT2D eigenvalue weighted by Gasteiger charge is 2.17. The lowest BCUT2D eigenvalue weighted by Gasteiger charge is -2.16. The number of hydrogen-bond donors (Lipinski definition) is 2. The Balaban J connectivity index is 2.91. The topological polar surface area (TPSA) is 82.8 Å². The Hall–Kier alpha value is -1.95. The number of nitrogen functional groups attached to an aromatic ring is 1. The van der Waals surface area contributed by atoms with E-state index in [1.807, 2.05) is 6.92 Å². The Morgan fingerprint density at radius 2 is 2.00 bits per heavy atom. The van der Waals surface area contributed by atoms with Crippen LogP contribution in [0.15, 0.2) is 12.1 Å². The van der Waals surface area contributed by atoms with E-state index in [0.29, 0.717) is 29.4 Å². The molecule has 1 unspecified atom stereocenters. The maximum absolute atomic E-state index is 12.2. The molecule has 0 aliphatic carbocycles. The van der Waals surface area contributed by atoms with Gasteiger partial charge in [0, 0.05) is 25.8 Å². The van der Waals surface area contributed by atoms with E-state index in [0.717, 1.165) is 6.42 Å². The molecule has 0 aromatic heterocycles. The molecule has 1 amide bonds. The molecule has 1 aromatic rings. The van der Waals surface area contributed by atoms with Gasteiger partial charge in [-0.1, -0.05) is 0 Å². The first kappa shape index (κ1) is 16.1. The molecule has 20 heavy (non-hydrogen) atoms. The standard InChI is InChI=1S/C14H22N2O4/c1-9(5-6-18-2)16-14(17)11-7-10(19-3)8-12(20-4)13(11)15/h7-9H,5-6,15H2,1-4H3,(H,16,17). The van der Waals surface area contributed by atoms with Gasteiger partial charge in [-0.25, -0.2) is 0 Å². The van der Waals surface area contributed by atoms with Crippen LogP contribution in [0.5, 0.6) is 11.5 Å². The van der Waals surface area contributed by atoms with E-state index in [4.69, 9.17) is 19.9 Å². The quantitative estimate of drug-likeness (QED) is 0.739. The number of nitrogens with one attached hydrogen (secondary N) is 1. The molecular formula is C14H22N2O4. The maximum Gasteiger partial charge on any atom is 0.253 e. The van der Waals surface area contributed by atoms with Crippen molar-refractivity contribution in [1.29, 1.82) is 0 Å². The fourth-order valence-electron chi connectivity index (χ4n) is 1.74. The smallest absolute Gasteiger partial charge is 0.253 e. The van der Waals surface area contributed by atoms with Gasteiger partial charge in [0.1, 0.15) is 11.5 Å². The van der Waals surface area contributed by atoms with Crippen molar-refractivity contribution in [3.8, 4) is 11.5 Å². The highest BCUT2D eigenvalue weighted by Crippen LogP contribution is 2.31. The van der Waals surface area contributed by atoms with Crippen molar-refractivity contribution in [2.24, 2.45) is 0 Å². The molecule has 0 aliphatic rings. The average Bonchev–Trinajstić information content (AvgIpc) is 2.45. The predicted octanol–water partition coefficient (Wildman–Crippen LogP) is 1.44. The fourth-order valence-corrected chi connectivity index (χ4v) is 1.74. The summed E-state index contributed by atoms with van der Waals surface area (Å²) in [5.41, 5.74) is 6.56. The second-order valence-electron chi connectivity index (χ2n) is 4.45. The third kappa shape index (κ3) is 4.03. The second kappa shape index (κ2) is 7.59. The van der Waals surface area contributed by atoms with Crippen LogP contribution in [-0.4, -0.2) is 39.9 Å². The molecule has 0 saturated carbocycles. The number of ether oxygens (including phenoxy) is 3. The summed E-state index contributed by atoms with van der Waals surface area (Å²) in [6, 6.07) is 3.22. The van der Waals surface area contributed by atoms with Crippen LogP contribution >= 0.6 is 0 Å². The first-order valence-electron chi connectivity index (χ1n) is 6.34. The molecular weight excluding hydrogens is 260 g/mol. The summed E-state index contributed by atoms with van der Waals surface area (Å²) in [5.74, 6) is 0.674. The zero-order chi connectivity index (χ0) is 15.1. The molecule has 0 radical (unpaired) electrons. The summed E-state index contributed by atoms with van der Waals surface area (Å²) in [7, 11) is 4.64. The number of hydrogen-bond acceptors (Lipinski definition) is 5. The Morgan fingerprint density at radius 1 is 1.30 bits per heavy atom. The van der Waals surface area contributed by atoms with Gasteiger partial charge in [0.15, 0.2) is 0 Å². The molecule has 0 heterocycles. The number of nitrogens with two attached hydrogens (primary N) is 1. The van der Waals surface area contributed by atoms with Crippen molar-refractivity contribution in [3.63, 3.8) is 0 Å². The molecule has 6 nitrogen and oxygen atoms in total. The zero-order valence-electron chi connectivity index (χ0n) is 12.4. The van der Waals surface area contributed by atoms with Gasteiger partial charge >= 0.3 is 0 Å². The number of anilines is 1. The van der Waals surface area contributed by atoms with Gasteiger partial charge in [-0.15, -0.1) is 0 Å². The predicted molar refractivity (Wildman–Crippen MR) is 77.4 cm³/mol. The van der Waals surface area contributed by atoms with Gasteiger partial charge in [-0.2, -0.15) is 0 Å². The Bertz CT molecular complexity index is 463. The van der Waals surface area contributed by atoms with Crippen molar-refractivity contribution >= 4 is 11.6 Å². The van der Waals surface area contributed by atoms with Crippen LogP contribution in [0.2, 0.25) is 0 Å². The molecule has 1 rings (SSSR count). The van der Waals surface area contributed by atoms with E-state index in [1.54, 1.807) is 19.2 Å². The summed E-state index contributed by atoms with van der Waals surface area (Å²) < 4.78 is 15.3. The molecule has 1 atom stereocenters. The Morgan fingerprint density at radius 3 is 2.55 bits per heavy atom. The SMILES string of the molecule is COCCC(C)NC(=O)c1cc(OC)cc(OC)c1N. The summed E-state index contributed by atoms with van der Waals surface area (Å²) in [4.78, 5) is 12.2. The highest BCUT2D eigenvalue weighted by atomic mass is 16.5. The van der Waals surface area contributed by atoms with E-state index in [2.05, 4.69) is 5.32 Å². The van der Waals surface area contributed by atoms with Gasteiger partial charge in [0.2, 0.25) is 0 Å². The fraction of sp³-hybridized carbons (Fsp3) is 0.500. The van der Waals surface area contributed by atoms with Crippen LogP contribution in [0.3, 0.4) is 0 Å². The van der Waals surface area contributed by atoms with Crippen molar-refractivity contribution in [2.75, 3.05) is 33.7 Å². The Kier molecular flexibility index (Phi) is 6.11. The minimum atomic E-state index is -0.261. The Labute approximate surface area is 119 Å². The lowest BCUT2D eigenvalue weighted by atomic mass is 10.1. The molecule has 0 spiro atoms. The number of methoxy groups -OCH3 is 3. The van der Waals surface area contributed by atoms with E-state index in [9.17, 15) is 4.79 Å². The summed E-state index contributed by atoms with van der Waals surface area (Å²) in [6.07, 6.45) is 0.725. The van der Waals surface area contributed by atoms with Gasteiger partial charge in [0.25, 0.3) is 5.91 Å². The molecule has 1 aromatic carbocycles. The molecule has 0 saturated heterocycles. The first-order chi connectivity index (χ1) is 9.53. The molecule has 112 valence electrons. The largest absolute Gasteiger partial charge is 0.497 e. The molecule has 0 fully saturated rings. The van der Waals surface area contributed by atoms with Crippen LogP contribution in [0.25, 0.3) is 0 Å². The number of carbonyl (C=O) groups excluding carboxylic acids is 1. The lowest BCUT2D eigenvalue weighted by Crippen LogP contribution is -2.33. The van der Waals surface area contributed by atoms with Crippen LogP contribution in [0.4, 0.5) is 5.69 Å². The summed E-state index contributed by atoms with van der Waals surface area (Å²) >= 11 is 0. The van der Waals surface area contributed by atoms with Gasteiger partial charge in [-0.05, 0) is 19.4 Å². The van der Waals surface area contributed by atoms with E-state index < -0.39 is 0 Å². The average molecular weight is 282 g/mol. The molecule has 6 heteroatoms. The van der Waals surface area contributed by atoms with Gasteiger partial charge in [0.05, 0.1) is 25.5 Å². The van der Waals surface area contributed by atoms with Crippen LogP contribution in [-0.2, 0) is 4.74 Å². The monoisotopic (exact) mass is 282 g/mol. The van der Waals surface area contributed by atoms with Gasteiger partial charge in [-0.3, -0.25) is 4.79 Å². The third-order valence-corrected chi connectivity index (χ3v) is 2.95. The van der Waals surface area contributed by atoms with Crippen molar-refractivity contribution < 1.29 is 19.0 Å². The first-order valence-corrected chi connectivity index (χ1v) is 6.34. The van der Waals surface area contributed by atoms with E-state index in [-0.39, 0.29) is 11.9 Å². The molecule has 0 aliphatic heterocycles. The van der Waals surface area contributed by atoms with E-state index >= 15 is 0 Å². The number of carbonyl (C=O) groups is 1.